The number of hydrogen-bond acceptors (Lipinski definition) is 5. The minimum atomic E-state index is -0.00415. The van der Waals surface area contributed by atoms with Gasteiger partial charge in [-0.2, -0.15) is 5.10 Å². The Hall–Kier alpha value is -1.27. The van der Waals surface area contributed by atoms with Crippen molar-refractivity contribution in [3.8, 4) is 17.0 Å². The maximum atomic E-state index is 6.23. The van der Waals surface area contributed by atoms with Crippen molar-refractivity contribution in [2.75, 3.05) is 20.2 Å². The third-order valence-electron chi connectivity index (χ3n) is 4.35. The Bertz CT molecular complexity index is 940. The number of methoxy groups -OCH3 is 1. The number of likely N-dealkylation sites (N-methyl/N-ethyl adjacent to an activating group) is 1. The number of hydrogen-bond donors (Lipinski definition) is 1. The molecule has 1 unspecified atom stereocenters. The van der Waals surface area contributed by atoms with Crippen molar-refractivity contribution in [3.63, 3.8) is 0 Å². The first kappa shape index (κ1) is 24.0. The molecule has 3 aromatic heterocycles. The molecule has 0 aliphatic carbocycles. The Morgan fingerprint density at radius 1 is 1.45 bits per heavy atom. The van der Waals surface area contributed by atoms with E-state index in [-0.39, 0.29) is 6.10 Å². The van der Waals surface area contributed by atoms with Crippen molar-refractivity contribution >= 4 is 36.8 Å². The molecule has 0 aliphatic heterocycles. The van der Waals surface area contributed by atoms with Crippen molar-refractivity contribution in [1.29, 1.82) is 0 Å². The molecule has 1 N–H and O–H groups in total. The predicted octanol–water partition coefficient (Wildman–Crippen LogP) is 3.64. The van der Waals surface area contributed by atoms with Gasteiger partial charge in [0, 0.05) is 20.7 Å². The van der Waals surface area contributed by atoms with Gasteiger partial charge in [0.1, 0.15) is 6.10 Å². The van der Waals surface area contributed by atoms with Gasteiger partial charge < -0.3 is 24.8 Å². The zero-order valence-corrected chi connectivity index (χ0v) is 21.7. The van der Waals surface area contributed by atoms with Gasteiger partial charge in [-0.1, -0.05) is 37.6 Å². The fraction of sp³-hybridized carbons (Fsp3) is 0.400. The van der Waals surface area contributed by atoms with Gasteiger partial charge in [-0.15, -0.1) is 0 Å². The molecular weight excluding hydrogens is 659 g/mol. The molecule has 0 radical (unpaired) electrons. The Kier molecular flexibility index (Phi) is 9.76. The van der Waals surface area contributed by atoms with Gasteiger partial charge in [-0.3, -0.25) is 0 Å². The summed E-state index contributed by atoms with van der Waals surface area (Å²) in [6.07, 6.45) is 5.37. The monoisotopic (exact) mass is 687 g/mol. The van der Waals surface area contributed by atoms with Crippen LogP contribution in [-0.4, -0.2) is 41.1 Å². The van der Waals surface area contributed by atoms with E-state index in [9.17, 15) is 0 Å². The second kappa shape index (κ2) is 11.8. The quantitative estimate of drug-likeness (QED) is 0.347. The third-order valence-corrected chi connectivity index (χ3v) is 4.35. The first-order chi connectivity index (χ1) is 14.1. The second-order valence-corrected chi connectivity index (χ2v) is 6.43. The van der Waals surface area contributed by atoms with Gasteiger partial charge in [0.05, 0.1) is 17.9 Å². The van der Waals surface area contributed by atoms with Crippen LogP contribution in [0.4, 0.5) is 0 Å². The molecule has 159 valence electrons. The average molecular weight is 686 g/mol. The van der Waals surface area contributed by atoms with Crippen LogP contribution in [0.15, 0.2) is 25.0 Å². The molecule has 9 heteroatoms. The van der Waals surface area contributed by atoms with Crippen LogP contribution in [0.3, 0.4) is 0 Å². The van der Waals surface area contributed by atoms with Crippen LogP contribution >= 0.6 is 19.7 Å². The molecule has 29 heavy (non-hydrogen) atoms. The van der Waals surface area contributed by atoms with Crippen molar-refractivity contribution in [2.24, 2.45) is 7.05 Å². The minimum absolute atomic E-state index is 0.00415. The number of ether oxygens (including phenoxy) is 2. The Morgan fingerprint density at radius 3 is 2.86 bits per heavy atom. The summed E-state index contributed by atoms with van der Waals surface area (Å²) in [6, 6.07) is 2.06. The molecule has 3 aromatic rings. The topological polar surface area (TPSA) is 75.3 Å². The van der Waals surface area contributed by atoms with Crippen LogP contribution in [-0.2, 0) is 33.4 Å². The van der Waals surface area contributed by atoms with Crippen LogP contribution < -0.4 is 15.0 Å². The van der Waals surface area contributed by atoms with Crippen molar-refractivity contribution in [1.82, 2.24) is 25.1 Å². The molecule has 0 spiro atoms. The molecule has 3 rings (SSSR count). The van der Waals surface area contributed by atoms with Crippen molar-refractivity contribution in [3.05, 3.63) is 36.3 Å². The summed E-state index contributed by atoms with van der Waals surface area (Å²) in [5, 5.41) is 8.87. The van der Waals surface area contributed by atoms with Gasteiger partial charge in [0.25, 0.3) is 0 Å². The number of rotatable bonds is 9. The average Bonchev–Trinajstić information content (AvgIpc) is 3.28. The summed E-state index contributed by atoms with van der Waals surface area (Å²) in [4.78, 5) is 8.83. The molecule has 1 atom stereocenters. The first-order valence-corrected chi connectivity index (χ1v) is 16.4. The predicted molar refractivity (Wildman–Crippen MR) is 121 cm³/mol. The normalized spacial score (nSPS) is 11.8. The molecule has 0 saturated heterocycles. The zero-order valence-electron chi connectivity index (χ0n) is 17.1. The van der Waals surface area contributed by atoms with Crippen LogP contribution in [0.25, 0.3) is 28.2 Å². The Balaban J connectivity index is 0.00000145. The SMILES string of the molecule is C=Cc1c[n-]c2ncc(-c3c(COC)nn(C)c3OC(C)CNCC)cc12.[I][Os]. The Labute approximate surface area is 192 Å². The second-order valence-electron chi connectivity index (χ2n) is 6.43. The third kappa shape index (κ3) is 5.66. The van der Waals surface area contributed by atoms with Crippen LogP contribution in [0.2, 0.25) is 0 Å². The van der Waals surface area contributed by atoms with Gasteiger partial charge in [-0.25, -0.2) is 4.68 Å². The molecule has 0 aromatic carbocycles. The maximum absolute atomic E-state index is 6.23. The van der Waals surface area contributed by atoms with E-state index < -0.39 is 0 Å². The standard InChI is InChI=1S/C20H26N5O2.HI.Os/c1-6-14-10-22-19-16(14)8-15(11-23-19)18-17(12-26-5)24-25(4)20(18)27-13(3)9-21-7-2;;/h6,8,10-11,13,21H,1,7,9,12H2,2-5H3;1H;/q-1;;+1/p-1. The van der Waals surface area contributed by atoms with Crippen LogP contribution in [0, 0.1) is 0 Å². The number of pyridine rings is 1. The van der Waals surface area contributed by atoms with Crippen LogP contribution in [0.5, 0.6) is 5.88 Å². The van der Waals surface area contributed by atoms with Crippen LogP contribution in [0.1, 0.15) is 25.1 Å². The van der Waals surface area contributed by atoms with E-state index in [2.05, 4.69) is 59.6 Å². The number of aromatic nitrogens is 4. The number of halogens is 1. The van der Waals surface area contributed by atoms with Gasteiger partial charge in [-0.05, 0) is 36.0 Å². The summed E-state index contributed by atoms with van der Waals surface area (Å²) in [6.45, 7) is 10.0. The van der Waals surface area contributed by atoms with E-state index in [1.807, 2.05) is 29.0 Å². The van der Waals surface area contributed by atoms with Crippen molar-refractivity contribution < 1.29 is 24.5 Å². The van der Waals surface area contributed by atoms with E-state index in [0.29, 0.717) is 18.1 Å². The van der Waals surface area contributed by atoms with E-state index in [1.54, 1.807) is 30.3 Å². The summed E-state index contributed by atoms with van der Waals surface area (Å²) >= 11 is 4.01. The number of aryl methyl sites for hydroxylation is 1. The van der Waals surface area contributed by atoms with Gasteiger partial charge in [0.2, 0.25) is 5.88 Å². The molecule has 0 saturated carbocycles. The molecular formula is C20H26IN5O2Os-. The molecule has 7 nitrogen and oxygen atoms in total. The number of nitrogens with one attached hydrogen (secondary N) is 1. The van der Waals surface area contributed by atoms with Gasteiger partial charge in [0.15, 0.2) is 0 Å². The van der Waals surface area contributed by atoms with Crippen molar-refractivity contribution in [2.45, 2.75) is 26.6 Å². The Morgan fingerprint density at radius 2 is 2.21 bits per heavy atom. The fourth-order valence-electron chi connectivity index (χ4n) is 3.08. The fourth-order valence-corrected chi connectivity index (χ4v) is 3.08. The molecule has 0 fully saturated rings. The van der Waals surface area contributed by atoms with E-state index >= 15 is 0 Å². The van der Waals surface area contributed by atoms with E-state index in [0.717, 1.165) is 40.9 Å². The van der Waals surface area contributed by atoms with Gasteiger partial charge >= 0.3 is 34.7 Å². The summed E-state index contributed by atoms with van der Waals surface area (Å²) in [7, 11) is 3.54. The summed E-state index contributed by atoms with van der Waals surface area (Å²) in [5.41, 5.74) is 4.29. The molecule has 0 amide bonds. The zero-order chi connectivity index (χ0) is 21.4. The number of fused-ring (bicyclic) bond motifs is 1. The molecule has 3 heterocycles. The summed E-state index contributed by atoms with van der Waals surface area (Å²) < 4.78 is 13.3. The van der Waals surface area contributed by atoms with E-state index in [1.165, 1.54) is 0 Å². The summed E-state index contributed by atoms with van der Waals surface area (Å²) in [5.74, 6) is 0.702. The van der Waals surface area contributed by atoms with E-state index in [4.69, 9.17) is 9.47 Å². The molecule has 0 bridgehead atoms. The molecule has 0 aliphatic rings. The first-order valence-electron chi connectivity index (χ1n) is 9.18. The number of nitrogens with zero attached hydrogens (tertiary/aromatic N) is 4.